The van der Waals surface area contributed by atoms with Crippen LogP contribution in [0.2, 0.25) is 0 Å². The predicted octanol–water partition coefficient (Wildman–Crippen LogP) is 2.13. The molecule has 0 saturated carbocycles. The number of hydrogen-bond donors (Lipinski definition) is 0. The van der Waals surface area contributed by atoms with Crippen molar-refractivity contribution in [1.29, 1.82) is 0 Å². The maximum atomic E-state index is 13.1. The molecule has 158 valence electrons. The number of benzene rings is 1. The maximum absolute atomic E-state index is 13.1. The highest BCUT2D eigenvalue weighted by Crippen LogP contribution is 2.33. The van der Waals surface area contributed by atoms with Gasteiger partial charge in [-0.2, -0.15) is 5.10 Å². The average Bonchev–Trinajstić information content (AvgIpc) is 3.44. The van der Waals surface area contributed by atoms with Gasteiger partial charge < -0.3 is 14.1 Å². The average molecular weight is 410 g/mol. The highest BCUT2D eigenvalue weighted by atomic mass is 16.5. The summed E-state index contributed by atoms with van der Waals surface area (Å²) in [4.78, 5) is 28.5. The Labute approximate surface area is 175 Å². The zero-order valence-electron chi connectivity index (χ0n) is 17.3. The first-order valence-corrected chi connectivity index (χ1v) is 10.1. The van der Waals surface area contributed by atoms with Crippen LogP contribution < -0.4 is 4.74 Å². The first-order chi connectivity index (χ1) is 14.5. The van der Waals surface area contributed by atoms with Crippen molar-refractivity contribution in [1.82, 2.24) is 14.8 Å². The van der Waals surface area contributed by atoms with Crippen molar-refractivity contribution < 1.29 is 18.7 Å². The van der Waals surface area contributed by atoms with E-state index in [-0.39, 0.29) is 24.4 Å². The van der Waals surface area contributed by atoms with E-state index in [9.17, 15) is 9.59 Å². The van der Waals surface area contributed by atoms with Gasteiger partial charge in [-0.15, -0.1) is 0 Å². The van der Waals surface area contributed by atoms with E-state index < -0.39 is 0 Å². The summed E-state index contributed by atoms with van der Waals surface area (Å²) in [5.41, 5.74) is 1.80. The van der Waals surface area contributed by atoms with Crippen molar-refractivity contribution in [3.63, 3.8) is 0 Å². The van der Waals surface area contributed by atoms with E-state index in [4.69, 9.17) is 9.15 Å². The van der Waals surface area contributed by atoms with E-state index in [1.165, 1.54) is 0 Å². The quantitative estimate of drug-likeness (QED) is 0.755. The molecule has 0 spiro atoms. The predicted molar refractivity (Wildman–Crippen MR) is 111 cm³/mol. The molecule has 1 aromatic heterocycles. The van der Waals surface area contributed by atoms with E-state index in [0.717, 1.165) is 22.8 Å². The second-order valence-electron chi connectivity index (χ2n) is 7.53. The molecule has 2 aliphatic rings. The van der Waals surface area contributed by atoms with Gasteiger partial charge in [0.15, 0.2) is 0 Å². The largest absolute Gasteiger partial charge is 0.497 e. The molecule has 4 rings (SSSR count). The number of nitrogens with zero attached hydrogens (tertiary/aromatic N) is 4. The minimum absolute atomic E-state index is 0.0730. The molecule has 1 fully saturated rings. The fraction of sp³-hybridized carbons (Fsp3) is 0.409. The van der Waals surface area contributed by atoms with Crippen molar-refractivity contribution in [2.24, 2.45) is 5.10 Å². The number of amides is 2. The van der Waals surface area contributed by atoms with Crippen molar-refractivity contribution in [3.05, 3.63) is 54.0 Å². The Balaban J connectivity index is 1.49. The lowest BCUT2D eigenvalue weighted by Gasteiger charge is -2.34. The van der Waals surface area contributed by atoms with E-state index >= 15 is 0 Å². The Hall–Kier alpha value is -3.13. The molecule has 3 heterocycles. The van der Waals surface area contributed by atoms with Crippen LogP contribution in [0, 0.1) is 0 Å². The fourth-order valence-electron chi connectivity index (χ4n) is 3.89. The van der Waals surface area contributed by atoms with Gasteiger partial charge in [0.2, 0.25) is 5.91 Å². The van der Waals surface area contributed by atoms with Crippen LogP contribution >= 0.6 is 0 Å². The SMILES string of the molecule is COc1ccc(C2=NN(C(=O)CN3CCN(C(C)=O)CC3)[C@@H](c3ccco3)C2)cc1. The molecular weight excluding hydrogens is 384 g/mol. The third-order valence-corrected chi connectivity index (χ3v) is 5.64. The molecule has 30 heavy (non-hydrogen) atoms. The number of hydrazone groups is 1. The number of carbonyl (C=O) groups excluding carboxylic acids is 2. The van der Waals surface area contributed by atoms with Crippen molar-refractivity contribution in [2.75, 3.05) is 39.8 Å². The Kier molecular flexibility index (Phi) is 5.85. The molecule has 0 bridgehead atoms. The van der Waals surface area contributed by atoms with Crippen molar-refractivity contribution in [3.8, 4) is 5.75 Å². The molecule has 8 nitrogen and oxygen atoms in total. The number of methoxy groups -OCH3 is 1. The van der Waals surface area contributed by atoms with Crippen LogP contribution in [-0.4, -0.2) is 72.2 Å². The topological polar surface area (TPSA) is 78.6 Å². The van der Waals surface area contributed by atoms with E-state index in [1.54, 1.807) is 25.3 Å². The maximum Gasteiger partial charge on any atom is 0.257 e. The molecule has 8 heteroatoms. The smallest absolute Gasteiger partial charge is 0.257 e. The standard InChI is InChI=1S/C22H26N4O4/c1-16(27)25-11-9-24(10-12-25)15-22(28)26-20(21-4-3-13-30-21)14-19(23-26)17-5-7-18(29-2)8-6-17/h3-8,13,20H,9-12,14-15H2,1-2H3/t20-/m1/s1. The number of carbonyl (C=O) groups is 2. The van der Waals surface area contributed by atoms with Gasteiger partial charge in [0, 0.05) is 39.5 Å². The fourth-order valence-corrected chi connectivity index (χ4v) is 3.89. The molecule has 2 aromatic rings. The lowest BCUT2D eigenvalue weighted by Crippen LogP contribution is -2.50. The van der Waals surface area contributed by atoms with Crippen LogP contribution in [0.1, 0.15) is 30.7 Å². The van der Waals surface area contributed by atoms with Gasteiger partial charge in [0.1, 0.15) is 17.6 Å². The molecule has 2 aliphatic heterocycles. The zero-order valence-corrected chi connectivity index (χ0v) is 17.3. The Morgan fingerprint density at radius 2 is 1.87 bits per heavy atom. The molecule has 1 saturated heterocycles. The van der Waals surface area contributed by atoms with Gasteiger partial charge in [0.05, 0.1) is 25.6 Å². The number of furan rings is 1. The lowest BCUT2D eigenvalue weighted by atomic mass is 10.0. The van der Waals surface area contributed by atoms with Gasteiger partial charge in [-0.25, -0.2) is 5.01 Å². The van der Waals surface area contributed by atoms with E-state index in [0.29, 0.717) is 32.6 Å². The normalized spacial score (nSPS) is 19.7. The van der Waals surface area contributed by atoms with Crippen molar-refractivity contribution in [2.45, 2.75) is 19.4 Å². The Morgan fingerprint density at radius 1 is 1.13 bits per heavy atom. The second kappa shape index (κ2) is 8.71. The zero-order chi connectivity index (χ0) is 21.1. The molecule has 2 amide bonds. The summed E-state index contributed by atoms with van der Waals surface area (Å²) in [5, 5.41) is 6.22. The number of rotatable bonds is 5. The van der Waals surface area contributed by atoms with Crippen LogP contribution in [0.3, 0.4) is 0 Å². The lowest BCUT2D eigenvalue weighted by molar-refractivity contribution is -0.135. The van der Waals surface area contributed by atoms with Crippen LogP contribution in [0.4, 0.5) is 0 Å². The minimum atomic E-state index is -0.261. The van der Waals surface area contributed by atoms with Gasteiger partial charge in [-0.1, -0.05) is 0 Å². The number of hydrogen-bond acceptors (Lipinski definition) is 6. The molecule has 0 aliphatic carbocycles. The summed E-state index contributed by atoms with van der Waals surface area (Å²) >= 11 is 0. The molecule has 0 N–H and O–H groups in total. The third kappa shape index (κ3) is 4.23. The van der Waals surface area contributed by atoms with Gasteiger partial charge in [-0.3, -0.25) is 14.5 Å². The summed E-state index contributed by atoms with van der Waals surface area (Å²) in [6.45, 7) is 4.49. The number of ether oxygens (including phenoxy) is 1. The highest BCUT2D eigenvalue weighted by molar-refractivity contribution is 6.03. The highest BCUT2D eigenvalue weighted by Gasteiger charge is 2.35. The molecule has 1 atom stereocenters. The molecule has 0 radical (unpaired) electrons. The molecule has 1 aromatic carbocycles. The summed E-state index contributed by atoms with van der Waals surface area (Å²) < 4.78 is 10.8. The van der Waals surface area contributed by atoms with Gasteiger partial charge in [-0.05, 0) is 42.0 Å². The van der Waals surface area contributed by atoms with Crippen LogP contribution in [0.15, 0.2) is 52.2 Å². The van der Waals surface area contributed by atoms with Crippen LogP contribution in [0.5, 0.6) is 5.75 Å². The van der Waals surface area contributed by atoms with E-state index in [2.05, 4.69) is 10.0 Å². The third-order valence-electron chi connectivity index (χ3n) is 5.64. The summed E-state index contributed by atoms with van der Waals surface area (Å²) in [6, 6.07) is 11.1. The Bertz CT molecular complexity index is 915. The second-order valence-corrected chi connectivity index (χ2v) is 7.53. The Morgan fingerprint density at radius 3 is 2.47 bits per heavy atom. The van der Waals surface area contributed by atoms with E-state index in [1.807, 2.05) is 41.3 Å². The van der Waals surface area contributed by atoms with Crippen LogP contribution in [0.25, 0.3) is 0 Å². The first-order valence-electron chi connectivity index (χ1n) is 10.1. The first kappa shape index (κ1) is 20.2. The van der Waals surface area contributed by atoms with Crippen molar-refractivity contribution >= 4 is 17.5 Å². The molecule has 0 unspecified atom stereocenters. The molecular formula is C22H26N4O4. The van der Waals surface area contributed by atoms with Gasteiger partial charge in [0.25, 0.3) is 5.91 Å². The van der Waals surface area contributed by atoms with Gasteiger partial charge >= 0.3 is 0 Å². The number of piperazine rings is 1. The summed E-state index contributed by atoms with van der Waals surface area (Å²) in [6.07, 6.45) is 2.20. The minimum Gasteiger partial charge on any atom is -0.497 e. The van der Waals surface area contributed by atoms with Crippen LogP contribution in [-0.2, 0) is 9.59 Å². The summed E-state index contributed by atoms with van der Waals surface area (Å²) in [7, 11) is 1.63. The monoisotopic (exact) mass is 410 g/mol. The summed E-state index contributed by atoms with van der Waals surface area (Å²) in [5.74, 6) is 1.50.